The van der Waals surface area contributed by atoms with Crippen LogP contribution in [0.25, 0.3) is 0 Å². The van der Waals surface area contributed by atoms with Crippen LogP contribution in [0, 0.1) is 11.8 Å². The van der Waals surface area contributed by atoms with E-state index in [9.17, 15) is 0 Å². The van der Waals surface area contributed by atoms with Gasteiger partial charge in [0, 0.05) is 12.1 Å². The molecular weight excluding hydrogens is 282 g/mol. The van der Waals surface area contributed by atoms with Crippen LogP contribution in [-0.4, -0.2) is 21.9 Å². The minimum atomic E-state index is 0.149. The summed E-state index contributed by atoms with van der Waals surface area (Å²) >= 11 is 6.54. The monoisotopic (exact) mass is 313 g/mol. The zero-order chi connectivity index (χ0) is 16.2. The first kappa shape index (κ1) is 18.5. The van der Waals surface area contributed by atoms with E-state index in [4.69, 9.17) is 11.6 Å². The van der Waals surface area contributed by atoms with Gasteiger partial charge >= 0.3 is 0 Å². The van der Waals surface area contributed by atoms with Crippen molar-refractivity contribution < 1.29 is 0 Å². The SMILES string of the molecule is CCc1nn(CC)c(CC(CNC(C)(C)C)C(C)C)c1Cl. The molecule has 0 saturated carbocycles. The first-order valence-corrected chi connectivity index (χ1v) is 8.56. The molecule has 1 rings (SSSR count). The summed E-state index contributed by atoms with van der Waals surface area (Å²) in [6.45, 7) is 17.3. The molecule has 4 heteroatoms. The third-order valence-corrected chi connectivity index (χ3v) is 4.42. The van der Waals surface area contributed by atoms with Gasteiger partial charge in [-0.1, -0.05) is 32.4 Å². The standard InChI is InChI=1S/C17H32ClN3/c1-8-14-16(18)15(21(9-2)20-14)10-13(12(3)4)11-19-17(5,6)7/h12-13,19H,8-11H2,1-7H3. The molecule has 0 saturated heterocycles. The maximum absolute atomic E-state index is 6.54. The largest absolute Gasteiger partial charge is 0.312 e. The van der Waals surface area contributed by atoms with Crippen LogP contribution in [-0.2, 0) is 19.4 Å². The fourth-order valence-electron chi connectivity index (χ4n) is 2.44. The van der Waals surface area contributed by atoms with Gasteiger partial charge in [0.15, 0.2) is 0 Å². The Morgan fingerprint density at radius 1 is 1.24 bits per heavy atom. The highest BCUT2D eigenvalue weighted by Gasteiger charge is 2.22. The van der Waals surface area contributed by atoms with Crippen LogP contribution in [0.5, 0.6) is 0 Å². The Hall–Kier alpha value is -0.540. The van der Waals surface area contributed by atoms with Gasteiger partial charge in [-0.2, -0.15) is 5.10 Å². The average Bonchev–Trinajstić information content (AvgIpc) is 2.69. The van der Waals surface area contributed by atoms with Crippen molar-refractivity contribution in [1.29, 1.82) is 0 Å². The fourth-order valence-corrected chi connectivity index (χ4v) is 2.79. The topological polar surface area (TPSA) is 29.9 Å². The molecule has 0 aliphatic heterocycles. The van der Waals surface area contributed by atoms with Crippen molar-refractivity contribution in [1.82, 2.24) is 15.1 Å². The number of nitrogens with one attached hydrogen (secondary N) is 1. The Kier molecular flexibility index (Phi) is 6.73. The minimum Gasteiger partial charge on any atom is -0.312 e. The molecule has 3 nitrogen and oxygen atoms in total. The van der Waals surface area contributed by atoms with Gasteiger partial charge in [-0.15, -0.1) is 0 Å². The molecule has 0 radical (unpaired) electrons. The number of halogens is 1. The average molecular weight is 314 g/mol. The van der Waals surface area contributed by atoms with Crippen molar-refractivity contribution >= 4 is 11.6 Å². The van der Waals surface area contributed by atoms with Crippen molar-refractivity contribution in [2.45, 2.75) is 73.4 Å². The predicted octanol–water partition coefficient (Wildman–Crippen LogP) is 4.32. The molecule has 0 amide bonds. The van der Waals surface area contributed by atoms with E-state index < -0.39 is 0 Å². The quantitative estimate of drug-likeness (QED) is 0.812. The molecule has 1 heterocycles. The van der Waals surface area contributed by atoms with E-state index in [1.54, 1.807) is 0 Å². The second-order valence-electron chi connectivity index (χ2n) is 7.22. The van der Waals surface area contributed by atoms with Gasteiger partial charge in [-0.3, -0.25) is 4.68 Å². The number of hydrogen-bond acceptors (Lipinski definition) is 2. The summed E-state index contributed by atoms with van der Waals surface area (Å²) in [5, 5.41) is 9.14. The Bertz CT molecular complexity index is 444. The zero-order valence-corrected chi connectivity index (χ0v) is 15.5. The lowest BCUT2D eigenvalue weighted by Gasteiger charge is -2.27. The lowest BCUT2D eigenvalue weighted by Crippen LogP contribution is -2.40. The summed E-state index contributed by atoms with van der Waals surface area (Å²) in [6, 6.07) is 0. The maximum Gasteiger partial charge on any atom is 0.0849 e. The van der Waals surface area contributed by atoms with Gasteiger partial charge in [0.25, 0.3) is 0 Å². The molecular formula is C17H32ClN3. The predicted molar refractivity (Wildman–Crippen MR) is 92.1 cm³/mol. The Morgan fingerprint density at radius 3 is 2.29 bits per heavy atom. The van der Waals surface area contributed by atoms with Gasteiger partial charge in [-0.05, 0) is 58.9 Å². The van der Waals surface area contributed by atoms with Crippen molar-refractivity contribution in [3.05, 3.63) is 16.4 Å². The van der Waals surface area contributed by atoms with E-state index in [1.165, 1.54) is 5.69 Å². The van der Waals surface area contributed by atoms with E-state index in [2.05, 4.69) is 63.6 Å². The zero-order valence-electron chi connectivity index (χ0n) is 14.8. The third kappa shape index (κ3) is 5.30. The van der Waals surface area contributed by atoms with E-state index in [0.29, 0.717) is 11.8 Å². The number of rotatable bonds is 7. The molecule has 122 valence electrons. The summed E-state index contributed by atoms with van der Waals surface area (Å²) in [5.41, 5.74) is 2.38. The van der Waals surface area contributed by atoms with Crippen LogP contribution in [0.1, 0.15) is 59.9 Å². The lowest BCUT2D eigenvalue weighted by atomic mass is 9.90. The molecule has 21 heavy (non-hydrogen) atoms. The van der Waals surface area contributed by atoms with Gasteiger partial charge < -0.3 is 5.32 Å². The number of aryl methyl sites for hydroxylation is 2. The summed E-state index contributed by atoms with van der Waals surface area (Å²) in [5.74, 6) is 1.18. The molecule has 1 atom stereocenters. The van der Waals surface area contributed by atoms with E-state index in [-0.39, 0.29) is 5.54 Å². The van der Waals surface area contributed by atoms with Crippen LogP contribution in [0.2, 0.25) is 5.02 Å². The summed E-state index contributed by atoms with van der Waals surface area (Å²) in [4.78, 5) is 0. The number of aromatic nitrogens is 2. The van der Waals surface area contributed by atoms with Crippen LogP contribution in [0.4, 0.5) is 0 Å². The van der Waals surface area contributed by atoms with E-state index in [0.717, 1.165) is 36.6 Å². The minimum absolute atomic E-state index is 0.149. The Balaban J connectivity index is 2.91. The van der Waals surface area contributed by atoms with Crippen LogP contribution in [0.3, 0.4) is 0 Å². The molecule has 0 aliphatic carbocycles. The highest BCUT2D eigenvalue weighted by atomic mass is 35.5. The molecule has 0 bridgehead atoms. The highest BCUT2D eigenvalue weighted by molar-refractivity contribution is 6.31. The summed E-state index contributed by atoms with van der Waals surface area (Å²) < 4.78 is 2.08. The van der Waals surface area contributed by atoms with Gasteiger partial charge in [-0.25, -0.2) is 0 Å². The molecule has 0 spiro atoms. The van der Waals surface area contributed by atoms with Crippen LogP contribution >= 0.6 is 11.6 Å². The van der Waals surface area contributed by atoms with Gasteiger partial charge in [0.05, 0.1) is 16.4 Å². The highest BCUT2D eigenvalue weighted by Crippen LogP contribution is 2.26. The first-order valence-electron chi connectivity index (χ1n) is 8.18. The maximum atomic E-state index is 6.54. The van der Waals surface area contributed by atoms with Crippen LogP contribution < -0.4 is 5.32 Å². The number of nitrogens with zero attached hydrogens (tertiary/aromatic N) is 2. The lowest BCUT2D eigenvalue weighted by molar-refractivity contribution is 0.307. The van der Waals surface area contributed by atoms with Crippen molar-refractivity contribution in [3.8, 4) is 0 Å². The van der Waals surface area contributed by atoms with Crippen molar-refractivity contribution in [3.63, 3.8) is 0 Å². The van der Waals surface area contributed by atoms with Crippen molar-refractivity contribution in [2.24, 2.45) is 11.8 Å². The Morgan fingerprint density at radius 2 is 1.86 bits per heavy atom. The van der Waals surface area contributed by atoms with Crippen molar-refractivity contribution in [2.75, 3.05) is 6.54 Å². The fraction of sp³-hybridized carbons (Fsp3) is 0.824. The smallest absolute Gasteiger partial charge is 0.0849 e. The van der Waals surface area contributed by atoms with E-state index in [1.807, 2.05) is 0 Å². The number of hydrogen-bond donors (Lipinski definition) is 1. The molecule has 1 unspecified atom stereocenters. The Labute approximate surface area is 135 Å². The second-order valence-corrected chi connectivity index (χ2v) is 7.59. The molecule has 1 N–H and O–H groups in total. The second kappa shape index (κ2) is 7.64. The summed E-state index contributed by atoms with van der Waals surface area (Å²) in [7, 11) is 0. The molecule has 0 aromatic carbocycles. The normalized spacial score (nSPS) is 14.0. The molecule has 0 fully saturated rings. The third-order valence-electron chi connectivity index (χ3n) is 3.99. The van der Waals surface area contributed by atoms with E-state index >= 15 is 0 Å². The molecule has 1 aromatic rings. The van der Waals surface area contributed by atoms with Crippen LogP contribution in [0.15, 0.2) is 0 Å². The molecule has 1 aromatic heterocycles. The molecule has 0 aliphatic rings. The first-order chi connectivity index (χ1) is 9.69. The van der Waals surface area contributed by atoms with Gasteiger partial charge in [0.2, 0.25) is 0 Å². The summed E-state index contributed by atoms with van der Waals surface area (Å²) in [6.07, 6.45) is 1.88. The van der Waals surface area contributed by atoms with Gasteiger partial charge in [0.1, 0.15) is 0 Å².